The van der Waals surface area contributed by atoms with Crippen molar-refractivity contribution < 1.29 is 0 Å². The first kappa shape index (κ1) is 14.6. The molecule has 20 heavy (non-hydrogen) atoms. The van der Waals surface area contributed by atoms with E-state index >= 15 is 0 Å². The minimum Gasteiger partial charge on any atom is -0.354 e. The molecule has 2 nitrogen and oxygen atoms in total. The third-order valence-corrected chi connectivity index (χ3v) is 3.85. The van der Waals surface area contributed by atoms with Gasteiger partial charge in [-0.25, -0.2) is 0 Å². The number of nitrogens with one attached hydrogen (secondary N) is 1. The van der Waals surface area contributed by atoms with Crippen LogP contribution in [0.25, 0.3) is 0 Å². The molecule has 2 aromatic carbocycles. The molecule has 0 unspecified atom stereocenters. The Morgan fingerprint density at radius 3 is 2.30 bits per heavy atom. The number of halogens is 1. The summed E-state index contributed by atoms with van der Waals surface area (Å²) in [5.74, 6) is 0. The molecule has 0 atom stereocenters. The van der Waals surface area contributed by atoms with Crippen LogP contribution in [0.4, 0.5) is 11.4 Å². The van der Waals surface area contributed by atoms with E-state index < -0.39 is 0 Å². The highest BCUT2D eigenvalue weighted by Crippen LogP contribution is 2.29. The summed E-state index contributed by atoms with van der Waals surface area (Å²) in [5.41, 5.74) is 5.18. The number of aryl methyl sites for hydroxylation is 2. The molecule has 1 N–H and O–H groups in total. The number of benzene rings is 2. The van der Waals surface area contributed by atoms with Crippen LogP contribution < -0.4 is 5.32 Å². The summed E-state index contributed by atoms with van der Waals surface area (Å²) in [6.45, 7) is 4.29. The molecule has 2 aromatic rings. The van der Waals surface area contributed by atoms with Crippen LogP contribution in [0.1, 0.15) is 30.5 Å². The van der Waals surface area contributed by atoms with Crippen molar-refractivity contribution in [1.29, 1.82) is 5.26 Å². The number of nitrogens with zero attached hydrogens (tertiary/aromatic N) is 1. The standard InChI is InChI=1S/C17H17BrN2/c1-3-12-6-5-7-13(4-2)17(12)20-16-9-8-15(18)10-14(16)11-19/h5-10,20H,3-4H2,1-2H3. The predicted molar refractivity (Wildman–Crippen MR) is 87.3 cm³/mol. The highest BCUT2D eigenvalue weighted by Gasteiger charge is 2.09. The maximum atomic E-state index is 9.26. The molecule has 0 amide bonds. The van der Waals surface area contributed by atoms with Gasteiger partial charge in [0.15, 0.2) is 0 Å². The average Bonchev–Trinajstić information content (AvgIpc) is 2.49. The highest BCUT2D eigenvalue weighted by atomic mass is 79.9. The van der Waals surface area contributed by atoms with E-state index in [9.17, 15) is 5.26 Å². The zero-order valence-corrected chi connectivity index (χ0v) is 13.3. The molecule has 0 aliphatic heterocycles. The van der Waals surface area contributed by atoms with Crippen molar-refractivity contribution in [2.45, 2.75) is 26.7 Å². The Kier molecular flexibility index (Phi) is 4.81. The third kappa shape index (κ3) is 3.02. The fraction of sp³-hybridized carbons (Fsp3) is 0.235. The molecule has 0 radical (unpaired) electrons. The van der Waals surface area contributed by atoms with Gasteiger partial charge in [-0.3, -0.25) is 0 Å². The van der Waals surface area contributed by atoms with Crippen molar-refractivity contribution in [3.63, 3.8) is 0 Å². The fourth-order valence-electron chi connectivity index (χ4n) is 2.26. The van der Waals surface area contributed by atoms with Crippen LogP contribution in [0, 0.1) is 11.3 Å². The lowest BCUT2D eigenvalue weighted by Gasteiger charge is -2.16. The van der Waals surface area contributed by atoms with Gasteiger partial charge < -0.3 is 5.32 Å². The summed E-state index contributed by atoms with van der Waals surface area (Å²) in [4.78, 5) is 0. The van der Waals surface area contributed by atoms with Gasteiger partial charge in [-0.1, -0.05) is 48.0 Å². The minimum atomic E-state index is 0.646. The number of hydrogen-bond donors (Lipinski definition) is 1. The number of rotatable bonds is 4. The van der Waals surface area contributed by atoms with Gasteiger partial charge in [0.25, 0.3) is 0 Å². The van der Waals surface area contributed by atoms with Gasteiger partial charge in [0.1, 0.15) is 6.07 Å². The van der Waals surface area contributed by atoms with E-state index in [0.29, 0.717) is 5.56 Å². The third-order valence-electron chi connectivity index (χ3n) is 3.36. The Bertz CT molecular complexity index is 634. The van der Waals surface area contributed by atoms with Crippen molar-refractivity contribution in [3.8, 4) is 6.07 Å². The summed E-state index contributed by atoms with van der Waals surface area (Å²) in [6.07, 6.45) is 1.93. The molecule has 0 aromatic heterocycles. The van der Waals surface area contributed by atoms with Crippen LogP contribution >= 0.6 is 15.9 Å². The van der Waals surface area contributed by atoms with Gasteiger partial charge >= 0.3 is 0 Å². The first-order valence-electron chi connectivity index (χ1n) is 6.77. The SMILES string of the molecule is CCc1cccc(CC)c1Nc1ccc(Br)cc1C#N. The molecule has 0 aliphatic carbocycles. The Morgan fingerprint density at radius 2 is 1.75 bits per heavy atom. The number of para-hydroxylation sites is 1. The molecule has 0 aliphatic rings. The predicted octanol–water partition coefficient (Wildman–Crippen LogP) is 5.19. The van der Waals surface area contributed by atoms with Gasteiger partial charge in [-0.15, -0.1) is 0 Å². The molecule has 2 rings (SSSR count). The molecule has 0 spiro atoms. The Morgan fingerprint density at radius 1 is 1.10 bits per heavy atom. The number of hydrogen-bond acceptors (Lipinski definition) is 2. The van der Waals surface area contributed by atoms with Crippen molar-refractivity contribution in [3.05, 3.63) is 57.6 Å². The minimum absolute atomic E-state index is 0.646. The second-order valence-corrected chi connectivity index (χ2v) is 5.50. The van der Waals surface area contributed by atoms with Gasteiger partial charge in [0.2, 0.25) is 0 Å². The van der Waals surface area contributed by atoms with Crippen molar-refractivity contribution in [2.24, 2.45) is 0 Å². The second-order valence-electron chi connectivity index (χ2n) is 4.59. The Labute approximate surface area is 128 Å². The zero-order chi connectivity index (χ0) is 14.5. The number of nitriles is 1. The topological polar surface area (TPSA) is 35.8 Å². The molecule has 0 saturated carbocycles. The van der Waals surface area contributed by atoms with Gasteiger partial charge in [-0.05, 0) is 42.2 Å². The van der Waals surface area contributed by atoms with E-state index in [1.165, 1.54) is 11.1 Å². The lowest BCUT2D eigenvalue weighted by molar-refractivity contribution is 1.09. The van der Waals surface area contributed by atoms with Crippen LogP contribution in [-0.4, -0.2) is 0 Å². The van der Waals surface area contributed by atoms with Gasteiger partial charge in [-0.2, -0.15) is 5.26 Å². The molecule has 0 heterocycles. The van der Waals surface area contributed by atoms with Crippen LogP contribution in [0.15, 0.2) is 40.9 Å². The lowest BCUT2D eigenvalue weighted by Crippen LogP contribution is -2.01. The molecule has 0 saturated heterocycles. The maximum absolute atomic E-state index is 9.26. The van der Waals surface area contributed by atoms with Crippen LogP contribution in [0.5, 0.6) is 0 Å². The first-order valence-corrected chi connectivity index (χ1v) is 7.56. The summed E-state index contributed by atoms with van der Waals surface area (Å²) in [6, 6.07) is 14.3. The molecule has 0 fully saturated rings. The van der Waals surface area contributed by atoms with E-state index in [-0.39, 0.29) is 0 Å². The maximum Gasteiger partial charge on any atom is 0.101 e. The van der Waals surface area contributed by atoms with E-state index in [1.807, 2.05) is 18.2 Å². The molecular weight excluding hydrogens is 312 g/mol. The molecule has 3 heteroatoms. The lowest BCUT2D eigenvalue weighted by atomic mass is 10.0. The Balaban J connectivity index is 2.47. The molecule has 0 bridgehead atoms. The van der Waals surface area contributed by atoms with Crippen LogP contribution in [0.3, 0.4) is 0 Å². The molecular formula is C17H17BrN2. The first-order chi connectivity index (χ1) is 9.69. The molecule has 102 valence electrons. The summed E-state index contributed by atoms with van der Waals surface area (Å²) >= 11 is 3.40. The summed E-state index contributed by atoms with van der Waals surface area (Å²) < 4.78 is 0.916. The average molecular weight is 329 g/mol. The van der Waals surface area contributed by atoms with Crippen molar-refractivity contribution >= 4 is 27.3 Å². The smallest absolute Gasteiger partial charge is 0.101 e. The highest BCUT2D eigenvalue weighted by molar-refractivity contribution is 9.10. The summed E-state index contributed by atoms with van der Waals surface area (Å²) in [7, 11) is 0. The zero-order valence-electron chi connectivity index (χ0n) is 11.7. The van der Waals surface area contributed by atoms with Crippen LogP contribution in [-0.2, 0) is 12.8 Å². The number of anilines is 2. The van der Waals surface area contributed by atoms with Crippen molar-refractivity contribution in [1.82, 2.24) is 0 Å². The monoisotopic (exact) mass is 328 g/mol. The fourth-order valence-corrected chi connectivity index (χ4v) is 2.62. The van der Waals surface area contributed by atoms with Crippen LogP contribution in [0.2, 0.25) is 0 Å². The summed E-state index contributed by atoms with van der Waals surface area (Å²) in [5, 5.41) is 12.7. The van der Waals surface area contributed by atoms with E-state index in [0.717, 1.165) is 28.7 Å². The van der Waals surface area contributed by atoms with Gasteiger partial charge in [0.05, 0.1) is 11.3 Å². The van der Waals surface area contributed by atoms with Gasteiger partial charge in [0, 0.05) is 10.2 Å². The quantitative estimate of drug-likeness (QED) is 0.838. The Hall–Kier alpha value is -1.79. The van der Waals surface area contributed by atoms with Crippen molar-refractivity contribution in [2.75, 3.05) is 5.32 Å². The second kappa shape index (κ2) is 6.58. The van der Waals surface area contributed by atoms with E-state index in [4.69, 9.17) is 0 Å². The largest absolute Gasteiger partial charge is 0.354 e. The van der Waals surface area contributed by atoms with E-state index in [2.05, 4.69) is 59.4 Å². The van der Waals surface area contributed by atoms with E-state index in [1.54, 1.807) is 0 Å². The normalized spacial score (nSPS) is 10.1.